The first-order valence-corrected chi connectivity index (χ1v) is 7.13. The normalized spacial score (nSPS) is 11.5. The molecule has 0 saturated heterocycles. The number of imidazole rings is 1. The minimum absolute atomic E-state index is 0.398. The first kappa shape index (κ1) is 14.4. The maximum absolute atomic E-state index is 12.0. The van der Waals surface area contributed by atoms with Crippen LogP contribution in [0.15, 0.2) is 39.6 Å². The molecule has 0 aliphatic heterocycles. The van der Waals surface area contributed by atoms with Crippen molar-refractivity contribution >= 4 is 22.9 Å². The van der Waals surface area contributed by atoms with Crippen molar-refractivity contribution in [2.45, 2.75) is 18.6 Å². The lowest BCUT2D eigenvalue weighted by molar-refractivity contribution is 0.744. The zero-order chi connectivity index (χ0) is 14.7. The standard InChI is InChI=1S/C13H16N4O2S/c1-4-6-7-17-9-10(14-13(17)20-8-5-2)16(3)12(19)15-11(9)18/h4-6H,2,7-8H2,1,3H3,(H,15,18,19). The number of aromatic nitrogens is 4. The summed E-state index contributed by atoms with van der Waals surface area (Å²) in [4.78, 5) is 30.4. The number of fused-ring (bicyclic) bond motifs is 1. The highest BCUT2D eigenvalue weighted by Gasteiger charge is 2.16. The van der Waals surface area contributed by atoms with Gasteiger partial charge in [0.15, 0.2) is 16.3 Å². The summed E-state index contributed by atoms with van der Waals surface area (Å²) in [7, 11) is 1.59. The average Bonchev–Trinajstić information content (AvgIpc) is 2.79. The van der Waals surface area contributed by atoms with Crippen LogP contribution in [0.1, 0.15) is 6.92 Å². The van der Waals surface area contributed by atoms with Gasteiger partial charge in [-0.05, 0) is 6.92 Å². The van der Waals surface area contributed by atoms with Crippen LogP contribution in [-0.4, -0.2) is 24.9 Å². The molecule has 6 nitrogen and oxygen atoms in total. The molecule has 0 aliphatic carbocycles. The monoisotopic (exact) mass is 292 g/mol. The fourth-order valence-corrected chi connectivity index (χ4v) is 2.58. The molecule has 106 valence electrons. The van der Waals surface area contributed by atoms with Crippen LogP contribution in [0.3, 0.4) is 0 Å². The Morgan fingerprint density at radius 1 is 1.45 bits per heavy atom. The van der Waals surface area contributed by atoms with Gasteiger partial charge in [-0.3, -0.25) is 14.3 Å². The topological polar surface area (TPSA) is 72.7 Å². The van der Waals surface area contributed by atoms with Gasteiger partial charge in [0.25, 0.3) is 5.56 Å². The summed E-state index contributed by atoms with van der Waals surface area (Å²) in [6.07, 6.45) is 5.61. The largest absolute Gasteiger partial charge is 0.329 e. The molecule has 7 heteroatoms. The van der Waals surface area contributed by atoms with E-state index in [2.05, 4.69) is 16.5 Å². The first-order valence-electron chi connectivity index (χ1n) is 6.14. The van der Waals surface area contributed by atoms with Gasteiger partial charge in [-0.2, -0.15) is 0 Å². The maximum Gasteiger partial charge on any atom is 0.329 e. The molecule has 0 aliphatic rings. The Hall–Kier alpha value is -2.02. The van der Waals surface area contributed by atoms with Crippen molar-refractivity contribution in [2.24, 2.45) is 7.05 Å². The second-order valence-electron chi connectivity index (χ2n) is 4.16. The molecule has 2 aromatic rings. The molecule has 0 unspecified atom stereocenters. The second kappa shape index (κ2) is 5.96. The van der Waals surface area contributed by atoms with Crippen LogP contribution in [0.2, 0.25) is 0 Å². The summed E-state index contributed by atoms with van der Waals surface area (Å²) in [5.74, 6) is 0.686. The maximum atomic E-state index is 12.0. The lowest BCUT2D eigenvalue weighted by atomic mass is 10.4. The van der Waals surface area contributed by atoms with Crippen molar-refractivity contribution in [3.8, 4) is 0 Å². The summed E-state index contributed by atoms with van der Waals surface area (Å²) in [5, 5.41) is 0.699. The molecule has 20 heavy (non-hydrogen) atoms. The lowest BCUT2D eigenvalue weighted by Crippen LogP contribution is -2.29. The SMILES string of the molecule is C=CCSc1nc2c(c(=O)[nH]c(=O)n2C)n1CC=CC. The summed E-state index contributed by atoms with van der Waals surface area (Å²) in [6.45, 7) is 6.12. The number of nitrogens with zero attached hydrogens (tertiary/aromatic N) is 3. The van der Waals surface area contributed by atoms with Crippen molar-refractivity contribution in [3.05, 3.63) is 45.6 Å². The van der Waals surface area contributed by atoms with Gasteiger partial charge in [-0.15, -0.1) is 6.58 Å². The molecule has 0 radical (unpaired) electrons. The summed E-state index contributed by atoms with van der Waals surface area (Å²) in [5.41, 5.74) is -0.0596. The highest BCUT2D eigenvalue weighted by Crippen LogP contribution is 2.21. The number of aromatic amines is 1. The van der Waals surface area contributed by atoms with Gasteiger partial charge in [0.2, 0.25) is 0 Å². The quantitative estimate of drug-likeness (QED) is 0.665. The Kier molecular flexibility index (Phi) is 4.29. The van der Waals surface area contributed by atoms with Gasteiger partial charge in [0, 0.05) is 19.3 Å². The summed E-state index contributed by atoms with van der Waals surface area (Å²) >= 11 is 1.48. The van der Waals surface area contributed by atoms with E-state index in [-0.39, 0.29) is 0 Å². The Balaban J connectivity index is 2.75. The molecule has 1 N–H and O–H groups in total. The first-order chi connectivity index (χ1) is 9.60. The van der Waals surface area contributed by atoms with E-state index in [4.69, 9.17) is 0 Å². The average molecular weight is 292 g/mol. The molecule has 0 saturated carbocycles. The summed E-state index contributed by atoms with van der Waals surface area (Å²) in [6, 6.07) is 0. The number of hydrogen-bond donors (Lipinski definition) is 1. The van der Waals surface area contributed by atoms with Gasteiger partial charge in [-0.1, -0.05) is 30.0 Å². The Bertz CT molecular complexity index is 782. The molecule has 0 fully saturated rings. The van der Waals surface area contributed by atoms with Crippen LogP contribution in [-0.2, 0) is 13.6 Å². The predicted octanol–water partition coefficient (Wildman–Crippen LogP) is 1.28. The van der Waals surface area contributed by atoms with E-state index in [1.54, 1.807) is 13.1 Å². The Morgan fingerprint density at radius 2 is 2.20 bits per heavy atom. The van der Waals surface area contributed by atoms with E-state index in [0.717, 1.165) is 0 Å². The zero-order valence-corrected chi connectivity index (χ0v) is 12.2. The van der Waals surface area contributed by atoms with Crippen molar-refractivity contribution in [1.82, 2.24) is 19.1 Å². The van der Waals surface area contributed by atoms with E-state index in [1.807, 2.05) is 23.6 Å². The number of aryl methyl sites for hydroxylation is 1. The van der Waals surface area contributed by atoms with Gasteiger partial charge < -0.3 is 4.57 Å². The number of rotatable bonds is 5. The number of allylic oxidation sites excluding steroid dienone is 2. The smallest absolute Gasteiger partial charge is 0.309 e. The third-order valence-electron chi connectivity index (χ3n) is 2.83. The number of H-pyrrole nitrogens is 1. The highest BCUT2D eigenvalue weighted by atomic mass is 32.2. The molecule has 2 heterocycles. The minimum atomic E-state index is -0.460. The predicted molar refractivity (Wildman–Crippen MR) is 81.3 cm³/mol. The lowest BCUT2D eigenvalue weighted by Gasteiger charge is -2.04. The van der Waals surface area contributed by atoms with Crippen molar-refractivity contribution in [3.63, 3.8) is 0 Å². The van der Waals surface area contributed by atoms with Crippen molar-refractivity contribution < 1.29 is 0 Å². The molecule has 0 atom stereocenters. The van der Waals surface area contributed by atoms with Gasteiger partial charge >= 0.3 is 5.69 Å². The Morgan fingerprint density at radius 3 is 2.85 bits per heavy atom. The van der Waals surface area contributed by atoms with Crippen LogP contribution < -0.4 is 11.2 Å². The van der Waals surface area contributed by atoms with E-state index < -0.39 is 11.2 Å². The molecular weight excluding hydrogens is 276 g/mol. The molecule has 2 rings (SSSR count). The Labute approximate surface area is 119 Å². The number of hydrogen-bond acceptors (Lipinski definition) is 4. The minimum Gasteiger partial charge on any atom is -0.309 e. The molecular formula is C13H16N4O2S. The van der Waals surface area contributed by atoms with Crippen LogP contribution in [0, 0.1) is 0 Å². The van der Waals surface area contributed by atoms with E-state index >= 15 is 0 Å². The van der Waals surface area contributed by atoms with Gasteiger partial charge in [-0.25, -0.2) is 9.78 Å². The third-order valence-corrected chi connectivity index (χ3v) is 3.80. The molecule has 2 aromatic heterocycles. The van der Waals surface area contributed by atoms with Crippen LogP contribution in [0.4, 0.5) is 0 Å². The van der Waals surface area contributed by atoms with Crippen molar-refractivity contribution in [1.29, 1.82) is 0 Å². The second-order valence-corrected chi connectivity index (χ2v) is 5.15. The molecule has 0 aromatic carbocycles. The molecule has 0 amide bonds. The van der Waals surface area contributed by atoms with Crippen LogP contribution >= 0.6 is 11.8 Å². The van der Waals surface area contributed by atoms with E-state index in [1.165, 1.54) is 16.3 Å². The molecule has 0 bridgehead atoms. The van der Waals surface area contributed by atoms with E-state index in [0.29, 0.717) is 28.6 Å². The third kappa shape index (κ3) is 2.49. The molecule has 0 spiro atoms. The van der Waals surface area contributed by atoms with Crippen molar-refractivity contribution in [2.75, 3.05) is 5.75 Å². The van der Waals surface area contributed by atoms with Crippen LogP contribution in [0.25, 0.3) is 11.2 Å². The fraction of sp³-hybridized carbons (Fsp3) is 0.308. The zero-order valence-electron chi connectivity index (χ0n) is 11.4. The fourth-order valence-electron chi connectivity index (χ4n) is 1.84. The van der Waals surface area contributed by atoms with Gasteiger partial charge in [0.1, 0.15) is 0 Å². The van der Waals surface area contributed by atoms with Gasteiger partial charge in [0.05, 0.1) is 0 Å². The highest BCUT2D eigenvalue weighted by molar-refractivity contribution is 7.99. The number of thioether (sulfide) groups is 1. The van der Waals surface area contributed by atoms with Crippen LogP contribution in [0.5, 0.6) is 0 Å². The summed E-state index contributed by atoms with van der Waals surface area (Å²) < 4.78 is 3.16. The number of nitrogens with one attached hydrogen (secondary N) is 1. The van der Waals surface area contributed by atoms with E-state index in [9.17, 15) is 9.59 Å².